The zero-order valence-corrected chi connectivity index (χ0v) is 25.1. The molecule has 52 heavy (non-hydrogen) atoms. The van der Waals surface area contributed by atoms with E-state index in [1.807, 2.05) is 0 Å². The van der Waals surface area contributed by atoms with E-state index in [-0.39, 0.29) is 22.3 Å². The Bertz CT molecular complexity index is 2450. The van der Waals surface area contributed by atoms with Gasteiger partial charge in [-0.2, -0.15) is 68.4 Å². The molecule has 0 aromatic heterocycles. The molecule has 0 radical (unpaired) electrons. The maximum Gasteiger partial charge on any atom is 0.417 e. The minimum absolute atomic E-state index is 0.373. The zero-order valence-electron chi connectivity index (χ0n) is 25.1. The summed E-state index contributed by atoms with van der Waals surface area (Å²) >= 11 is 0. The molecular weight excluding hydrogens is 696 g/mol. The van der Waals surface area contributed by atoms with Gasteiger partial charge in [-0.05, 0) is 47.5 Å². The largest absolute Gasteiger partial charge is 0.417 e. The average molecular weight is 702 g/mol. The zero-order chi connectivity index (χ0) is 38.4. The van der Waals surface area contributed by atoms with Crippen molar-refractivity contribution in [2.45, 2.75) is 12.4 Å². The smallest absolute Gasteiger partial charge is 0.205 e. The number of halogens is 8. The van der Waals surface area contributed by atoms with Crippen LogP contribution in [0, 0.1) is 90.6 Å². The second-order valence-electron chi connectivity index (χ2n) is 10.6. The summed E-state index contributed by atoms with van der Waals surface area (Å²) in [4.78, 5) is 0. The van der Waals surface area contributed by atoms with Gasteiger partial charge in [0, 0.05) is 33.4 Å². The van der Waals surface area contributed by atoms with Crippen molar-refractivity contribution in [2.24, 2.45) is 0 Å². The van der Waals surface area contributed by atoms with Crippen molar-refractivity contribution in [3.63, 3.8) is 0 Å². The van der Waals surface area contributed by atoms with E-state index in [1.54, 1.807) is 24.3 Å². The fraction of sp³-hybridized carbons (Fsp3) is 0.0556. The molecule has 8 nitrogen and oxygen atoms in total. The average Bonchev–Trinajstić information content (AvgIpc) is 3.55. The van der Waals surface area contributed by atoms with Crippen molar-refractivity contribution in [1.29, 1.82) is 42.1 Å². The molecule has 16 heteroatoms. The lowest BCUT2D eigenvalue weighted by atomic mass is 9.81. The Kier molecular flexibility index (Phi) is 8.45. The molecule has 3 aromatic carbocycles. The Morgan fingerprint density at radius 2 is 0.712 bits per heavy atom. The number of nitrogens with zero attached hydrogens (tertiary/aromatic N) is 8. The molecule has 0 N–H and O–H groups in total. The molecule has 3 aromatic rings. The maximum atomic E-state index is 16.4. The van der Waals surface area contributed by atoms with Crippen LogP contribution < -0.4 is 0 Å². The molecule has 2 aliphatic rings. The van der Waals surface area contributed by atoms with Crippen LogP contribution in [0.15, 0.2) is 48.1 Å². The first kappa shape index (κ1) is 35.3. The molecule has 2 aliphatic carbocycles. The normalized spacial score (nSPS) is 15.1. The standard InChI is InChI=1S/C36H6F8N8/c37-33-23(13-51)25-29(27(33)21(11-49)19-3-15(7-45)1-16(4-19)8-46)31(35(39,40)41)26-24(14-52)34(38)28(30(26)32(25)36(42,43)44)22(12-50)20-5-17(9-47)2-18(6-20)10-48/h1-6H/b27-21+,28-22+. The SMILES string of the molecule is N#CC1=C(F)/C(=C(\C#N)c2cc(C#N)cc(C#N)c2)c2c1c(C(F)(F)F)c1c(c2C(F)(F)F)C(C#N)=C(F)/C1=C(\C#N)c1cc(C#N)cc(C#N)c1. The number of fused-ring (bicyclic) bond motifs is 2. The van der Waals surface area contributed by atoms with Gasteiger partial charge < -0.3 is 0 Å². The Hall–Kier alpha value is -8.02. The third-order valence-corrected chi connectivity index (χ3v) is 7.85. The Balaban J connectivity index is 2.17. The molecule has 0 aliphatic heterocycles. The Labute approximate surface area is 286 Å². The van der Waals surface area contributed by atoms with Gasteiger partial charge in [-0.25, -0.2) is 8.78 Å². The Morgan fingerprint density at radius 3 is 0.923 bits per heavy atom. The fourth-order valence-electron chi connectivity index (χ4n) is 6.02. The molecule has 0 bridgehead atoms. The summed E-state index contributed by atoms with van der Waals surface area (Å²) in [6.07, 6.45) is -11.8. The van der Waals surface area contributed by atoms with Crippen molar-refractivity contribution in [2.75, 3.05) is 0 Å². The number of nitriles is 8. The first-order valence-electron chi connectivity index (χ1n) is 13.8. The maximum absolute atomic E-state index is 16.4. The lowest BCUT2D eigenvalue weighted by Gasteiger charge is -2.24. The van der Waals surface area contributed by atoms with Crippen molar-refractivity contribution in [3.05, 3.63) is 115 Å². The first-order chi connectivity index (χ1) is 24.6. The van der Waals surface area contributed by atoms with Crippen LogP contribution in [-0.2, 0) is 12.4 Å². The van der Waals surface area contributed by atoms with Crippen molar-refractivity contribution in [1.82, 2.24) is 0 Å². The van der Waals surface area contributed by atoms with Crippen LogP contribution in [0.5, 0.6) is 0 Å². The minimum atomic E-state index is -5.90. The molecule has 0 heterocycles. The Morgan fingerprint density at radius 1 is 0.423 bits per heavy atom. The number of hydrogen-bond acceptors (Lipinski definition) is 8. The van der Waals surface area contributed by atoms with Crippen LogP contribution in [0.4, 0.5) is 35.1 Å². The van der Waals surface area contributed by atoms with E-state index in [0.717, 1.165) is 48.5 Å². The van der Waals surface area contributed by atoms with Gasteiger partial charge in [-0.1, -0.05) is 0 Å². The van der Waals surface area contributed by atoms with Gasteiger partial charge >= 0.3 is 12.4 Å². The monoisotopic (exact) mass is 702 g/mol. The van der Waals surface area contributed by atoms with Gasteiger partial charge in [0.1, 0.15) is 24.3 Å². The summed E-state index contributed by atoms with van der Waals surface area (Å²) in [5.41, 5.74) is -23.2. The minimum Gasteiger partial charge on any atom is -0.205 e. The van der Waals surface area contributed by atoms with E-state index in [4.69, 9.17) is 0 Å². The summed E-state index contributed by atoms with van der Waals surface area (Å²) in [7, 11) is 0. The molecule has 0 saturated carbocycles. The lowest BCUT2D eigenvalue weighted by molar-refractivity contribution is -0.141. The van der Waals surface area contributed by atoms with E-state index in [0.29, 0.717) is 0 Å². The number of benzene rings is 3. The van der Waals surface area contributed by atoms with Gasteiger partial charge in [0.05, 0.1) is 80.0 Å². The molecule has 5 rings (SSSR count). The summed E-state index contributed by atoms with van der Waals surface area (Å²) in [5.74, 6) is -4.13. The van der Waals surface area contributed by atoms with Crippen LogP contribution in [0.1, 0.15) is 66.8 Å². The third kappa shape index (κ3) is 5.24. The highest BCUT2D eigenvalue weighted by Gasteiger charge is 2.54. The van der Waals surface area contributed by atoms with Crippen LogP contribution in [-0.4, -0.2) is 0 Å². The van der Waals surface area contributed by atoms with Gasteiger partial charge in [-0.15, -0.1) is 0 Å². The van der Waals surface area contributed by atoms with Gasteiger partial charge in [-0.3, -0.25) is 0 Å². The van der Waals surface area contributed by atoms with E-state index in [1.165, 1.54) is 12.1 Å². The molecule has 0 saturated heterocycles. The van der Waals surface area contributed by atoms with Crippen LogP contribution in [0.25, 0.3) is 33.4 Å². The molecular formula is C36H6F8N8. The number of rotatable bonds is 2. The summed E-state index contributed by atoms with van der Waals surface area (Å²) in [6, 6.07) is 16.6. The van der Waals surface area contributed by atoms with Gasteiger partial charge in [0.2, 0.25) is 0 Å². The highest BCUT2D eigenvalue weighted by Crippen LogP contribution is 2.61. The van der Waals surface area contributed by atoms with E-state index in [9.17, 15) is 42.1 Å². The molecule has 0 spiro atoms. The number of allylic oxidation sites excluding steroid dienone is 8. The summed E-state index contributed by atoms with van der Waals surface area (Å²) in [5, 5.41) is 77.7. The number of alkyl halides is 6. The fourth-order valence-corrected chi connectivity index (χ4v) is 6.02. The second-order valence-corrected chi connectivity index (χ2v) is 10.6. The van der Waals surface area contributed by atoms with Crippen LogP contribution in [0.2, 0.25) is 0 Å². The lowest BCUT2D eigenvalue weighted by Crippen LogP contribution is -2.20. The third-order valence-electron chi connectivity index (χ3n) is 7.85. The number of hydrogen-bond donors (Lipinski definition) is 0. The van der Waals surface area contributed by atoms with Crippen molar-refractivity contribution >= 4 is 33.4 Å². The van der Waals surface area contributed by atoms with Crippen LogP contribution >= 0.6 is 0 Å². The molecule has 0 amide bonds. The van der Waals surface area contributed by atoms with Crippen molar-refractivity contribution < 1.29 is 35.1 Å². The molecule has 0 atom stereocenters. The van der Waals surface area contributed by atoms with E-state index < -0.39 is 102 Å². The molecule has 0 unspecified atom stereocenters. The predicted molar refractivity (Wildman–Crippen MR) is 160 cm³/mol. The summed E-state index contributed by atoms with van der Waals surface area (Å²) in [6.45, 7) is 0. The first-order valence-corrected chi connectivity index (χ1v) is 13.8. The quantitative estimate of drug-likeness (QED) is 0.187. The van der Waals surface area contributed by atoms with Gasteiger partial charge in [0.25, 0.3) is 0 Å². The van der Waals surface area contributed by atoms with E-state index in [2.05, 4.69) is 0 Å². The second kappa shape index (κ2) is 12.5. The topological polar surface area (TPSA) is 190 Å². The van der Waals surface area contributed by atoms with Crippen molar-refractivity contribution in [3.8, 4) is 48.6 Å². The molecule has 0 fully saturated rings. The predicted octanol–water partition coefficient (Wildman–Crippen LogP) is 8.52. The summed E-state index contributed by atoms with van der Waals surface area (Å²) < 4.78 is 125. The highest BCUT2D eigenvalue weighted by atomic mass is 19.4. The highest BCUT2D eigenvalue weighted by molar-refractivity contribution is 6.20. The van der Waals surface area contributed by atoms with Gasteiger partial charge in [0.15, 0.2) is 11.7 Å². The van der Waals surface area contributed by atoms with E-state index >= 15 is 35.1 Å². The van der Waals surface area contributed by atoms with Crippen LogP contribution in [0.3, 0.4) is 0 Å². The molecule has 246 valence electrons.